The summed E-state index contributed by atoms with van der Waals surface area (Å²) in [4.78, 5) is 10.9. The second-order valence-corrected chi connectivity index (χ2v) is 4.06. The summed E-state index contributed by atoms with van der Waals surface area (Å²) in [6.07, 6.45) is 4.65. The molecule has 1 aliphatic rings. The maximum absolute atomic E-state index is 10.9. The lowest BCUT2D eigenvalue weighted by atomic mass is 10.0. The van der Waals surface area contributed by atoms with Crippen molar-refractivity contribution in [3.63, 3.8) is 0 Å². The molecule has 0 bridgehead atoms. The normalized spacial score (nSPS) is 24.6. The highest BCUT2D eigenvalue weighted by Gasteiger charge is 2.13. The number of rotatable bonds is 5. The average Bonchev–Trinajstić information content (AvgIpc) is 2.19. The van der Waals surface area contributed by atoms with Gasteiger partial charge in [0, 0.05) is 12.6 Å². The molecule has 0 amide bonds. The van der Waals surface area contributed by atoms with Crippen LogP contribution in [0.1, 0.15) is 39.5 Å². The van der Waals surface area contributed by atoms with Crippen molar-refractivity contribution in [1.82, 2.24) is 5.32 Å². The van der Waals surface area contributed by atoms with E-state index in [4.69, 9.17) is 4.74 Å². The van der Waals surface area contributed by atoms with Gasteiger partial charge in [0.2, 0.25) is 0 Å². The Morgan fingerprint density at radius 3 is 2.93 bits per heavy atom. The predicted molar refractivity (Wildman–Crippen MR) is 56.4 cm³/mol. The Kier molecular flexibility index (Phi) is 5.12. The Hall–Kier alpha value is -0.410. The van der Waals surface area contributed by atoms with Gasteiger partial charge in [-0.2, -0.15) is 0 Å². The summed E-state index contributed by atoms with van der Waals surface area (Å²) < 4.78 is 5.42. The van der Waals surface area contributed by atoms with Crippen LogP contribution < -0.4 is 5.32 Å². The molecule has 2 atom stereocenters. The average molecular weight is 199 g/mol. The van der Waals surface area contributed by atoms with Gasteiger partial charge in [-0.25, -0.2) is 0 Å². The number of piperidine rings is 1. The maximum atomic E-state index is 10.9. The first kappa shape index (κ1) is 11.7. The minimum atomic E-state index is -0.237. The van der Waals surface area contributed by atoms with Crippen LogP contribution >= 0.6 is 0 Å². The maximum Gasteiger partial charge on any atom is 0.158 e. The summed E-state index contributed by atoms with van der Waals surface area (Å²) in [7, 11) is 0. The second-order valence-electron chi connectivity index (χ2n) is 4.06. The zero-order valence-corrected chi connectivity index (χ0v) is 9.21. The molecule has 82 valence electrons. The van der Waals surface area contributed by atoms with E-state index in [2.05, 4.69) is 5.32 Å². The molecule has 0 aromatic carbocycles. The first-order chi connectivity index (χ1) is 6.70. The number of Topliss-reactive ketones (excluding diaryl/α,β-unsaturated/α-hetero) is 1. The number of ketones is 1. The third-order valence-corrected chi connectivity index (χ3v) is 2.82. The van der Waals surface area contributed by atoms with Gasteiger partial charge in [0.1, 0.15) is 6.10 Å². The Morgan fingerprint density at radius 2 is 2.36 bits per heavy atom. The van der Waals surface area contributed by atoms with Crippen LogP contribution in [-0.4, -0.2) is 31.1 Å². The molecular formula is C11H21NO2. The van der Waals surface area contributed by atoms with E-state index < -0.39 is 0 Å². The van der Waals surface area contributed by atoms with Gasteiger partial charge in [0.15, 0.2) is 5.78 Å². The first-order valence-corrected chi connectivity index (χ1v) is 5.55. The Balaban J connectivity index is 2.05. The summed E-state index contributed by atoms with van der Waals surface area (Å²) in [5.41, 5.74) is 0. The smallest absolute Gasteiger partial charge is 0.158 e. The molecule has 1 aliphatic heterocycles. The van der Waals surface area contributed by atoms with Crippen LogP contribution in [0.3, 0.4) is 0 Å². The van der Waals surface area contributed by atoms with Crippen molar-refractivity contribution in [3.05, 3.63) is 0 Å². The number of carbonyl (C=O) groups is 1. The number of carbonyl (C=O) groups excluding carboxylic acids is 1. The number of hydrogen-bond acceptors (Lipinski definition) is 3. The fourth-order valence-electron chi connectivity index (χ4n) is 1.67. The van der Waals surface area contributed by atoms with Crippen LogP contribution in [0.15, 0.2) is 0 Å². The lowest BCUT2D eigenvalue weighted by Gasteiger charge is -2.23. The standard InChI is InChI=1S/C11H21NO2/c1-9(13)10(2)14-8-6-11-5-3-4-7-12-11/h10-12H,3-8H2,1-2H3. The summed E-state index contributed by atoms with van der Waals surface area (Å²) in [6, 6.07) is 0.600. The van der Waals surface area contributed by atoms with Crippen LogP contribution in [-0.2, 0) is 9.53 Å². The summed E-state index contributed by atoms with van der Waals surface area (Å²) in [6.45, 7) is 5.21. The molecule has 0 aliphatic carbocycles. The van der Waals surface area contributed by atoms with Crippen LogP contribution in [0.4, 0.5) is 0 Å². The highest BCUT2D eigenvalue weighted by atomic mass is 16.5. The highest BCUT2D eigenvalue weighted by Crippen LogP contribution is 2.10. The largest absolute Gasteiger partial charge is 0.371 e. The Labute approximate surface area is 86.2 Å². The van der Waals surface area contributed by atoms with E-state index in [0.717, 1.165) is 13.0 Å². The predicted octanol–water partition coefficient (Wildman–Crippen LogP) is 1.51. The van der Waals surface area contributed by atoms with Gasteiger partial charge in [0.25, 0.3) is 0 Å². The fraction of sp³-hybridized carbons (Fsp3) is 0.909. The van der Waals surface area contributed by atoms with Crippen LogP contribution in [0.2, 0.25) is 0 Å². The van der Waals surface area contributed by atoms with Crippen molar-refractivity contribution in [2.45, 2.75) is 51.7 Å². The molecule has 14 heavy (non-hydrogen) atoms. The fourth-order valence-corrected chi connectivity index (χ4v) is 1.67. The third-order valence-electron chi connectivity index (χ3n) is 2.82. The van der Waals surface area contributed by atoms with Crippen molar-refractivity contribution in [2.75, 3.05) is 13.2 Å². The molecule has 1 fully saturated rings. The van der Waals surface area contributed by atoms with E-state index in [0.29, 0.717) is 12.6 Å². The van der Waals surface area contributed by atoms with Gasteiger partial charge in [-0.3, -0.25) is 4.79 Å². The Bertz CT molecular complexity index is 176. The topological polar surface area (TPSA) is 38.3 Å². The summed E-state index contributed by atoms with van der Waals surface area (Å²) >= 11 is 0. The molecule has 1 heterocycles. The lowest BCUT2D eigenvalue weighted by Crippen LogP contribution is -2.35. The molecule has 0 saturated carbocycles. The molecule has 0 radical (unpaired) electrons. The van der Waals surface area contributed by atoms with Gasteiger partial charge < -0.3 is 10.1 Å². The molecule has 2 unspecified atom stereocenters. The molecule has 3 heteroatoms. The van der Waals surface area contributed by atoms with Crippen molar-refractivity contribution in [1.29, 1.82) is 0 Å². The zero-order chi connectivity index (χ0) is 10.4. The number of hydrogen-bond donors (Lipinski definition) is 1. The molecule has 1 saturated heterocycles. The van der Waals surface area contributed by atoms with Gasteiger partial charge >= 0.3 is 0 Å². The highest BCUT2D eigenvalue weighted by molar-refractivity contribution is 5.79. The van der Waals surface area contributed by atoms with Crippen molar-refractivity contribution < 1.29 is 9.53 Å². The van der Waals surface area contributed by atoms with E-state index in [1.807, 2.05) is 6.92 Å². The molecule has 1 N–H and O–H groups in total. The van der Waals surface area contributed by atoms with Gasteiger partial charge in [-0.1, -0.05) is 6.42 Å². The minimum Gasteiger partial charge on any atom is -0.371 e. The van der Waals surface area contributed by atoms with E-state index in [9.17, 15) is 4.79 Å². The van der Waals surface area contributed by atoms with Crippen molar-refractivity contribution in [3.8, 4) is 0 Å². The second kappa shape index (κ2) is 6.14. The van der Waals surface area contributed by atoms with Gasteiger partial charge in [0.05, 0.1) is 0 Å². The minimum absolute atomic E-state index is 0.113. The molecule has 3 nitrogen and oxygen atoms in total. The van der Waals surface area contributed by atoms with E-state index in [1.54, 1.807) is 6.92 Å². The molecular weight excluding hydrogens is 178 g/mol. The van der Waals surface area contributed by atoms with Crippen LogP contribution in [0.25, 0.3) is 0 Å². The SMILES string of the molecule is CC(=O)C(C)OCCC1CCCCN1. The molecule has 1 rings (SSSR count). The number of ether oxygens (including phenoxy) is 1. The van der Waals surface area contributed by atoms with Crippen LogP contribution in [0.5, 0.6) is 0 Å². The number of nitrogens with one attached hydrogen (secondary N) is 1. The summed E-state index contributed by atoms with van der Waals surface area (Å²) in [5.74, 6) is 0.113. The summed E-state index contributed by atoms with van der Waals surface area (Å²) in [5, 5.41) is 3.46. The van der Waals surface area contributed by atoms with E-state index in [1.165, 1.54) is 19.3 Å². The van der Waals surface area contributed by atoms with Crippen LogP contribution in [0, 0.1) is 0 Å². The Morgan fingerprint density at radius 1 is 1.57 bits per heavy atom. The first-order valence-electron chi connectivity index (χ1n) is 5.55. The lowest BCUT2D eigenvalue weighted by molar-refractivity contribution is -0.127. The third kappa shape index (κ3) is 4.20. The molecule has 0 spiro atoms. The molecule has 0 aromatic rings. The van der Waals surface area contributed by atoms with E-state index in [-0.39, 0.29) is 11.9 Å². The quantitative estimate of drug-likeness (QED) is 0.729. The molecule has 0 aromatic heterocycles. The monoisotopic (exact) mass is 199 g/mol. The zero-order valence-electron chi connectivity index (χ0n) is 9.21. The van der Waals surface area contributed by atoms with Crippen molar-refractivity contribution in [2.24, 2.45) is 0 Å². The van der Waals surface area contributed by atoms with Gasteiger partial charge in [-0.05, 0) is 39.7 Å². The van der Waals surface area contributed by atoms with E-state index >= 15 is 0 Å². The van der Waals surface area contributed by atoms with Crippen molar-refractivity contribution >= 4 is 5.78 Å². The van der Waals surface area contributed by atoms with Gasteiger partial charge in [-0.15, -0.1) is 0 Å².